The second-order valence-corrected chi connectivity index (χ2v) is 4.06. The van der Waals surface area contributed by atoms with Crippen LogP contribution in [0, 0.1) is 0 Å². The Labute approximate surface area is 113 Å². The summed E-state index contributed by atoms with van der Waals surface area (Å²) in [5, 5.41) is 2.53. The minimum absolute atomic E-state index is 0.00322. The lowest BCUT2D eigenvalue weighted by atomic mass is 10.3. The van der Waals surface area contributed by atoms with Crippen molar-refractivity contribution in [2.75, 3.05) is 18.5 Å². The van der Waals surface area contributed by atoms with Crippen LogP contribution in [0.4, 0.5) is 10.5 Å². The SMILES string of the molecule is C=CC(=O)OCCOC(=O)Nc1cccc(Br)c1. The summed E-state index contributed by atoms with van der Waals surface area (Å²) >= 11 is 3.28. The lowest BCUT2D eigenvalue weighted by molar-refractivity contribution is -0.138. The molecule has 0 aromatic heterocycles. The van der Waals surface area contributed by atoms with Gasteiger partial charge in [-0.05, 0) is 18.2 Å². The predicted molar refractivity (Wildman–Crippen MR) is 70.3 cm³/mol. The van der Waals surface area contributed by atoms with Crippen LogP contribution in [0.25, 0.3) is 0 Å². The lowest BCUT2D eigenvalue weighted by Gasteiger charge is -2.07. The summed E-state index contributed by atoms with van der Waals surface area (Å²) in [5.74, 6) is -0.550. The van der Waals surface area contributed by atoms with Gasteiger partial charge in [0, 0.05) is 16.2 Å². The van der Waals surface area contributed by atoms with E-state index in [1.54, 1.807) is 18.2 Å². The van der Waals surface area contributed by atoms with Gasteiger partial charge in [0.2, 0.25) is 0 Å². The third-order valence-corrected chi connectivity index (χ3v) is 2.29. The minimum Gasteiger partial charge on any atom is -0.459 e. The highest BCUT2D eigenvalue weighted by molar-refractivity contribution is 9.10. The smallest absolute Gasteiger partial charge is 0.411 e. The van der Waals surface area contributed by atoms with E-state index in [4.69, 9.17) is 4.74 Å². The maximum Gasteiger partial charge on any atom is 0.411 e. The maximum absolute atomic E-state index is 11.3. The van der Waals surface area contributed by atoms with Gasteiger partial charge in [-0.25, -0.2) is 9.59 Å². The van der Waals surface area contributed by atoms with Gasteiger partial charge in [-0.2, -0.15) is 0 Å². The molecule has 0 unspecified atom stereocenters. The first kappa shape index (κ1) is 14.2. The summed E-state index contributed by atoms with van der Waals surface area (Å²) in [4.78, 5) is 22.0. The number of rotatable bonds is 5. The zero-order chi connectivity index (χ0) is 13.4. The first-order valence-electron chi connectivity index (χ1n) is 5.10. The summed E-state index contributed by atoms with van der Waals surface area (Å²) < 4.78 is 10.3. The Kier molecular flexibility index (Phi) is 5.93. The molecule has 0 radical (unpaired) electrons. The van der Waals surface area contributed by atoms with Gasteiger partial charge in [0.05, 0.1) is 0 Å². The fourth-order valence-electron chi connectivity index (χ4n) is 1.06. The van der Waals surface area contributed by atoms with Crippen LogP contribution in [0.15, 0.2) is 41.4 Å². The number of halogens is 1. The number of nitrogens with one attached hydrogen (secondary N) is 1. The van der Waals surface area contributed by atoms with E-state index in [-0.39, 0.29) is 13.2 Å². The average molecular weight is 314 g/mol. The number of benzene rings is 1. The van der Waals surface area contributed by atoms with Crippen LogP contribution < -0.4 is 5.32 Å². The Hall–Kier alpha value is -1.82. The molecular formula is C12H12BrNO4. The molecule has 1 aromatic rings. The Morgan fingerprint density at radius 1 is 1.33 bits per heavy atom. The normalized spacial score (nSPS) is 9.39. The molecule has 1 N–H and O–H groups in total. The molecule has 0 aliphatic heterocycles. The van der Waals surface area contributed by atoms with E-state index < -0.39 is 12.1 Å². The molecule has 6 heteroatoms. The average Bonchev–Trinajstić information content (AvgIpc) is 2.34. The highest BCUT2D eigenvalue weighted by Crippen LogP contribution is 2.15. The molecule has 1 rings (SSSR count). The largest absolute Gasteiger partial charge is 0.459 e. The van der Waals surface area contributed by atoms with E-state index >= 15 is 0 Å². The van der Waals surface area contributed by atoms with E-state index in [2.05, 4.69) is 32.6 Å². The molecule has 1 aromatic carbocycles. The van der Waals surface area contributed by atoms with E-state index in [9.17, 15) is 9.59 Å². The molecule has 0 heterocycles. The third kappa shape index (κ3) is 5.49. The van der Waals surface area contributed by atoms with Crippen LogP contribution in [0.1, 0.15) is 0 Å². The number of carbonyl (C=O) groups is 2. The Balaban J connectivity index is 2.26. The standard InChI is InChI=1S/C12H12BrNO4/c1-2-11(15)17-6-7-18-12(16)14-10-5-3-4-9(13)8-10/h2-5,8H,1,6-7H2,(H,14,16). The molecule has 0 atom stereocenters. The van der Waals surface area contributed by atoms with Gasteiger partial charge < -0.3 is 9.47 Å². The van der Waals surface area contributed by atoms with Crippen LogP contribution in [-0.4, -0.2) is 25.3 Å². The topological polar surface area (TPSA) is 64.6 Å². The van der Waals surface area contributed by atoms with E-state index in [0.29, 0.717) is 5.69 Å². The van der Waals surface area contributed by atoms with Crippen LogP contribution in [0.2, 0.25) is 0 Å². The molecule has 0 fully saturated rings. The molecular weight excluding hydrogens is 302 g/mol. The summed E-state index contributed by atoms with van der Waals surface area (Å²) in [6.45, 7) is 3.22. The molecule has 5 nitrogen and oxygen atoms in total. The van der Waals surface area contributed by atoms with Crippen molar-refractivity contribution >= 4 is 33.7 Å². The molecule has 18 heavy (non-hydrogen) atoms. The Morgan fingerprint density at radius 2 is 2.06 bits per heavy atom. The van der Waals surface area contributed by atoms with Crippen molar-refractivity contribution in [3.8, 4) is 0 Å². The van der Waals surface area contributed by atoms with E-state index in [1.165, 1.54) is 0 Å². The molecule has 0 bridgehead atoms. The van der Waals surface area contributed by atoms with E-state index in [1.807, 2.05) is 6.07 Å². The van der Waals surface area contributed by atoms with Crippen molar-refractivity contribution in [2.45, 2.75) is 0 Å². The van der Waals surface area contributed by atoms with Crippen LogP contribution >= 0.6 is 15.9 Å². The van der Waals surface area contributed by atoms with Gasteiger partial charge in [0.15, 0.2) is 0 Å². The summed E-state index contributed by atoms with van der Waals surface area (Å²) in [5.41, 5.74) is 0.609. The number of amides is 1. The van der Waals surface area contributed by atoms with Gasteiger partial charge in [-0.1, -0.05) is 28.6 Å². The van der Waals surface area contributed by atoms with Crippen molar-refractivity contribution in [2.24, 2.45) is 0 Å². The number of hydrogen-bond donors (Lipinski definition) is 1. The van der Waals surface area contributed by atoms with Gasteiger partial charge in [-0.3, -0.25) is 5.32 Å². The molecule has 0 aliphatic carbocycles. The van der Waals surface area contributed by atoms with Crippen molar-refractivity contribution in [3.05, 3.63) is 41.4 Å². The lowest BCUT2D eigenvalue weighted by Crippen LogP contribution is -2.17. The zero-order valence-corrected chi connectivity index (χ0v) is 11.1. The number of hydrogen-bond acceptors (Lipinski definition) is 4. The molecule has 0 saturated heterocycles. The number of esters is 1. The molecule has 0 aliphatic rings. The molecule has 1 amide bonds. The summed E-state index contributed by atoms with van der Waals surface area (Å²) in [7, 11) is 0. The third-order valence-electron chi connectivity index (χ3n) is 1.80. The monoisotopic (exact) mass is 313 g/mol. The zero-order valence-electron chi connectivity index (χ0n) is 9.52. The minimum atomic E-state index is -0.609. The Morgan fingerprint density at radius 3 is 2.72 bits per heavy atom. The first-order chi connectivity index (χ1) is 8.61. The fraction of sp³-hybridized carbons (Fsp3) is 0.167. The van der Waals surface area contributed by atoms with Gasteiger partial charge in [0.25, 0.3) is 0 Å². The summed E-state index contributed by atoms with van der Waals surface area (Å²) in [6, 6.07) is 7.08. The van der Waals surface area contributed by atoms with Crippen molar-refractivity contribution in [3.63, 3.8) is 0 Å². The molecule has 96 valence electrons. The molecule has 0 spiro atoms. The van der Waals surface area contributed by atoms with E-state index in [0.717, 1.165) is 10.5 Å². The maximum atomic E-state index is 11.3. The first-order valence-corrected chi connectivity index (χ1v) is 5.89. The van der Waals surface area contributed by atoms with Gasteiger partial charge in [0.1, 0.15) is 13.2 Å². The quantitative estimate of drug-likeness (QED) is 0.515. The summed E-state index contributed by atoms with van der Waals surface area (Å²) in [6.07, 6.45) is 0.435. The van der Waals surface area contributed by atoms with Crippen molar-refractivity contribution in [1.82, 2.24) is 0 Å². The van der Waals surface area contributed by atoms with Crippen LogP contribution in [0.3, 0.4) is 0 Å². The van der Waals surface area contributed by atoms with Gasteiger partial charge in [-0.15, -0.1) is 0 Å². The predicted octanol–water partition coefficient (Wildman–Crippen LogP) is 2.73. The highest BCUT2D eigenvalue weighted by Gasteiger charge is 2.03. The van der Waals surface area contributed by atoms with Crippen molar-refractivity contribution in [1.29, 1.82) is 0 Å². The fourth-order valence-corrected chi connectivity index (χ4v) is 1.45. The number of anilines is 1. The van der Waals surface area contributed by atoms with Crippen LogP contribution in [-0.2, 0) is 14.3 Å². The second-order valence-electron chi connectivity index (χ2n) is 3.14. The highest BCUT2D eigenvalue weighted by atomic mass is 79.9. The number of ether oxygens (including phenoxy) is 2. The van der Waals surface area contributed by atoms with Gasteiger partial charge >= 0.3 is 12.1 Å². The Bertz CT molecular complexity index is 447. The second kappa shape index (κ2) is 7.50. The van der Waals surface area contributed by atoms with Crippen LogP contribution in [0.5, 0.6) is 0 Å². The van der Waals surface area contributed by atoms with Crippen molar-refractivity contribution < 1.29 is 19.1 Å². The molecule has 0 saturated carbocycles. The number of carbonyl (C=O) groups excluding carboxylic acids is 2.